The fourth-order valence-corrected chi connectivity index (χ4v) is 3.10. The monoisotopic (exact) mass is 354 g/mol. The molecule has 0 saturated carbocycles. The van der Waals surface area contributed by atoms with Crippen LogP contribution in [0.4, 0.5) is 4.79 Å². The van der Waals surface area contributed by atoms with Gasteiger partial charge in [0.1, 0.15) is 6.10 Å². The van der Waals surface area contributed by atoms with Crippen LogP contribution in [0.15, 0.2) is 54.7 Å². The first-order valence-electron chi connectivity index (χ1n) is 8.59. The van der Waals surface area contributed by atoms with Crippen molar-refractivity contribution < 1.29 is 14.3 Å². The summed E-state index contributed by atoms with van der Waals surface area (Å²) in [6, 6.07) is 15.0. The Labute approximate surface area is 152 Å². The summed E-state index contributed by atoms with van der Waals surface area (Å²) in [5.74, 6) is 0.0541. The molecule has 2 aromatic rings. The molecule has 0 spiro atoms. The Morgan fingerprint density at radius 3 is 2.65 bits per heavy atom. The Bertz CT molecular complexity index is 739. The zero-order valence-corrected chi connectivity index (χ0v) is 14.4. The highest BCUT2D eigenvalue weighted by Crippen LogP contribution is 2.30. The van der Waals surface area contributed by atoms with Gasteiger partial charge in [0, 0.05) is 37.7 Å². The van der Waals surface area contributed by atoms with Crippen LogP contribution in [-0.2, 0) is 4.79 Å². The van der Waals surface area contributed by atoms with Gasteiger partial charge in [0.05, 0.1) is 6.54 Å². The summed E-state index contributed by atoms with van der Waals surface area (Å²) >= 11 is 0. The summed E-state index contributed by atoms with van der Waals surface area (Å²) in [4.78, 5) is 29.6. The van der Waals surface area contributed by atoms with Gasteiger partial charge in [-0.25, -0.2) is 9.78 Å². The molecule has 0 bridgehead atoms. The number of likely N-dealkylation sites (tertiary alicyclic amines) is 1. The molecule has 0 radical (unpaired) electrons. The summed E-state index contributed by atoms with van der Waals surface area (Å²) in [6.07, 6.45) is 2.22. The van der Waals surface area contributed by atoms with Gasteiger partial charge in [0.25, 0.3) is 0 Å². The molecule has 3 N–H and O–H groups in total. The van der Waals surface area contributed by atoms with E-state index in [4.69, 9.17) is 10.5 Å². The number of pyridine rings is 1. The lowest BCUT2D eigenvalue weighted by atomic mass is 9.88. The number of ether oxygens (including phenoxy) is 1. The molecular formula is C19H22N4O3. The van der Waals surface area contributed by atoms with E-state index in [2.05, 4.69) is 10.3 Å². The van der Waals surface area contributed by atoms with E-state index in [-0.39, 0.29) is 18.6 Å². The number of nitrogens with zero attached hydrogens (tertiary/aromatic N) is 2. The van der Waals surface area contributed by atoms with Crippen molar-refractivity contribution in [2.75, 3.05) is 19.6 Å². The quantitative estimate of drug-likeness (QED) is 0.867. The number of hydrogen-bond acceptors (Lipinski definition) is 5. The fourth-order valence-electron chi connectivity index (χ4n) is 3.10. The fraction of sp³-hybridized carbons (Fsp3) is 0.316. The molecule has 3 amide bonds. The van der Waals surface area contributed by atoms with Crippen LogP contribution in [0.5, 0.6) is 5.88 Å². The van der Waals surface area contributed by atoms with Gasteiger partial charge in [-0.2, -0.15) is 0 Å². The van der Waals surface area contributed by atoms with E-state index in [9.17, 15) is 9.59 Å². The van der Waals surface area contributed by atoms with Crippen molar-refractivity contribution in [3.63, 3.8) is 0 Å². The minimum Gasteiger partial charge on any atom is -0.474 e. The van der Waals surface area contributed by atoms with Crippen molar-refractivity contribution in [3.05, 3.63) is 60.3 Å². The van der Waals surface area contributed by atoms with E-state index in [1.54, 1.807) is 11.1 Å². The molecule has 3 rings (SSSR count). The molecule has 7 nitrogen and oxygen atoms in total. The topological polar surface area (TPSA) is 97.5 Å². The van der Waals surface area contributed by atoms with Crippen molar-refractivity contribution >= 4 is 11.9 Å². The number of benzene rings is 1. The van der Waals surface area contributed by atoms with Crippen LogP contribution in [0, 0.1) is 0 Å². The number of imide groups is 1. The maximum atomic E-state index is 12.3. The van der Waals surface area contributed by atoms with E-state index in [0.29, 0.717) is 25.4 Å². The molecule has 1 aliphatic heterocycles. The van der Waals surface area contributed by atoms with Gasteiger partial charge >= 0.3 is 6.03 Å². The van der Waals surface area contributed by atoms with E-state index >= 15 is 0 Å². The second kappa shape index (κ2) is 8.44. The van der Waals surface area contributed by atoms with Gasteiger partial charge in [0.2, 0.25) is 11.8 Å². The lowest BCUT2D eigenvalue weighted by Gasteiger charge is -2.38. The maximum absolute atomic E-state index is 12.3. The average molecular weight is 354 g/mol. The van der Waals surface area contributed by atoms with Crippen LogP contribution in [0.3, 0.4) is 0 Å². The summed E-state index contributed by atoms with van der Waals surface area (Å²) < 4.78 is 6.10. The van der Waals surface area contributed by atoms with E-state index in [1.807, 2.05) is 48.5 Å². The number of nitrogens with one attached hydrogen (secondary N) is 1. The number of amides is 3. The Kier molecular flexibility index (Phi) is 5.80. The average Bonchev–Trinajstić information content (AvgIpc) is 2.69. The van der Waals surface area contributed by atoms with E-state index in [0.717, 1.165) is 5.56 Å². The first-order valence-corrected chi connectivity index (χ1v) is 8.59. The molecule has 1 aromatic heterocycles. The summed E-state index contributed by atoms with van der Waals surface area (Å²) in [5, 5.41) is 2.31. The number of rotatable bonds is 4. The van der Waals surface area contributed by atoms with Gasteiger partial charge in [0.15, 0.2) is 0 Å². The third-order valence-corrected chi connectivity index (χ3v) is 4.41. The van der Waals surface area contributed by atoms with Crippen molar-refractivity contribution in [2.45, 2.75) is 18.4 Å². The van der Waals surface area contributed by atoms with Crippen molar-refractivity contribution in [1.82, 2.24) is 15.2 Å². The Morgan fingerprint density at radius 1 is 1.19 bits per heavy atom. The zero-order valence-electron chi connectivity index (χ0n) is 14.4. The predicted molar refractivity (Wildman–Crippen MR) is 96.6 cm³/mol. The van der Waals surface area contributed by atoms with Gasteiger partial charge in [-0.3, -0.25) is 10.1 Å². The number of piperidine rings is 1. The number of aromatic nitrogens is 1. The third kappa shape index (κ3) is 4.37. The van der Waals surface area contributed by atoms with E-state index in [1.165, 1.54) is 0 Å². The van der Waals surface area contributed by atoms with Crippen LogP contribution >= 0.6 is 0 Å². The molecular weight excluding hydrogens is 332 g/mol. The molecule has 26 heavy (non-hydrogen) atoms. The zero-order chi connectivity index (χ0) is 18.4. The molecule has 1 fully saturated rings. The second-order valence-electron chi connectivity index (χ2n) is 6.13. The van der Waals surface area contributed by atoms with Gasteiger partial charge < -0.3 is 15.4 Å². The standard InChI is InChI=1S/C19H22N4O3/c20-12-17(24)22-19(25)23-11-9-16(26-18-8-4-5-10-21-18)15(13-23)14-6-2-1-3-7-14/h1-8,10,15-16H,9,11-13,20H2,(H,22,24,25). The number of hydrogen-bond donors (Lipinski definition) is 2. The molecule has 2 unspecified atom stereocenters. The normalized spacial score (nSPS) is 19.7. The second-order valence-corrected chi connectivity index (χ2v) is 6.13. The molecule has 1 aliphatic rings. The highest BCUT2D eigenvalue weighted by Gasteiger charge is 2.34. The molecule has 7 heteroatoms. The molecule has 1 saturated heterocycles. The SMILES string of the molecule is NCC(=O)NC(=O)N1CCC(Oc2ccccn2)C(c2ccccc2)C1. The van der Waals surface area contributed by atoms with E-state index < -0.39 is 11.9 Å². The summed E-state index contributed by atoms with van der Waals surface area (Å²) in [6.45, 7) is 0.725. The summed E-state index contributed by atoms with van der Waals surface area (Å²) in [5.41, 5.74) is 6.35. The smallest absolute Gasteiger partial charge is 0.324 e. The van der Waals surface area contributed by atoms with Crippen molar-refractivity contribution in [1.29, 1.82) is 0 Å². The Morgan fingerprint density at radius 2 is 1.96 bits per heavy atom. The first kappa shape index (κ1) is 17.9. The number of carbonyl (C=O) groups is 2. The van der Waals surface area contributed by atoms with Crippen LogP contribution in [-0.4, -0.2) is 47.6 Å². The van der Waals surface area contributed by atoms with Crippen LogP contribution in [0.2, 0.25) is 0 Å². The Hall–Kier alpha value is -2.93. The number of urea groups is 1. The highest BCUT2D eigenvalue weighted by atomic mass is 16.5. The van der Waals surface area contributed by atoms with Crippen LogP contribution < -0.4 is 15.8 Å². The summed E-state index contributed by atoms with van der Waals surface area (Å²) in [7, 11) is 0. The molecule has 136 valence electrons. The van der Waals surface area contributed by atoms with Crippen LogP contribution in [0.1, 0.15) is 17.9 Å². The Balaban J connectivity index is 1.76. The van der Waals surface area contributed by atoms with Gasteiger partial charge in [-0.1, -0.05) is 36.4 Å². The van der Waals surface area contributed by atoms with Crippen molar-refractivity contribution in [3.8, 4) is 5.88 Å². The van der Waals surface area contributed by atoms with Gasteiger partial charge in [-0.15, -0.1) is 0 Å². The van der Waals surface area contributed by atoms with Gasteiger partial charge in [-0.05, 0) is 11.6 Å². The van der Waals surface area contributed by atoms with Crippen molar-refractivity contribution in [2.24, 2.45) is 5.73 Å². The first-order chi connectivity index (χ1) is 12.7. The number of carbonyl (C=O) groups excluding carboxylic acids is 2. The minimum atomic E-state index is -0.488. The largest absolute Gasteiger partial charge is 0.474 e. The predicted octanol–water partition coefficient (Wildman–Crippen LogP) is 1.51. The lowest BCUT2D eigenvalue weighted by molar-refractivity contribution is -0.118. The maximum Gasteiger partial charge on any atom is 0.324 e. The molecule has 0 aliphatic carbocycles. The molecule has 2 heterocycles. The third-order valence-electron chi connectivity index (χ3n) is 4.41. The lowest BCUT2D eigenvalue weighted by Crippen LogP contribution is -2.52. The van der Waals surface area contributed by atoms with Crippen LogP contribution in [0.25, 0.3) is 0 Å². The minimum absolute atomic E-state index is 0.0225. The molecule has 1 aromatic carbocycles. The highest BCUT2D eigenvalue weighted by molar-refractivity contribution is 5.95. The number of nitrogens with two attached hydrogens (primary N) is 1. The molecule has 2 atom stereocenters.